The molecule has 3 atom stereocenters. The van der Waals surface area contributed by atoms with Crippen LogP contribution in [-0.4, -0.2) is 74.3 Å². The van der Waals surface area contributed by atoms with Gasteiger partial charge in [0.05, 0.1) is 33.8 Å². The SMILES string of the molecule is CCCCCC/C=C\CCCCCCCCCC(=O)NC(COP(=O)(O)OCC[N+](C)(C)C)C(/C=C\CCCCCCCCCCC)OC(=O)CCCCCCCCCCCCCCCCCCCCCCCCC. The summed E-state index contributed by atoms with van der Waals surface area (Å²) in [5.74, 6) is -0.493. The minimum atomic E-state index is -4.44. The van der Waals surface area contributed by atoms with Gasteiger partial charge in [-0.3, -0.25) is 18.6 Å². The number of esters is 1. The smallest absolute Gasteiger partial charge is 0.456 e. The molecule has 0 bridgehead atoms. The lowest BCUT2D eigenvalue weighted by molar-refractivity contribution is -0.870. The zero-order valence-corrected chi connectivity index (χ0v) is 51.7. The van der Waals surface area contributed by atoms with Crippen LogP contribution in [0.2, 0.25) is 0 Å². The third kappa shape index (κ3) is 57.0. The molecule has 0 aliphatic heterocycles. The van der Waals surface area contributed by atoms with E-state index in [2.05, 4.69) is 38.2 Å². The van der Waals surface area contributed by atoms with Gasteiger partial charge in [0.1, 0.15) is 19.3 Å². The predicted molar refractivity (Wildman–Crippen MR) is 323 cm³/mol. The first-order valence-electron chi connectivity index (χ1n) is 32.7. The van der Waals surface area contributed by atoms with E-state index in [1.165, 1.54) is 231 Å². The largest absolute Gasteiger partial charge is 0.472 e. The van der Waals surface area contributed by atoms with Crippen molar-refractivity contribution in [2.75, 3.05) is 40.9 Å². The van der Waals surface area contributed by atoms with Crippen molar-refractivity contribution in [3.05, 3.63) is 24.3 Å². The van der Waals surface area contributed by atoms with Crippen LogP contribution in [0.5, 0.6) is 0 Å². The summed E-state index contributed by atoms with van der Waals surface area (Å²) in [6.07, 6.45) is 66.1. The van der Waals surface area contributed by atoms with Gasteiger partial charge in [0, 0.05) is 12.8 Å². The van der Waals surface area contributed by atoms with Crippen molar-refractivity contribution >= 4 is 19.7 Å². The molecule has 2 N–H and O–H groups in total. The second kappa shape index (κ2) is 55.8. The fraction of sp³-hybridized carbons (Fsp3) is 0.908. The number of hydrogen-bond donors (Lipinski definition) is 2. The predicted octanol–water partition coefficient (Wildman–Crippen LogP) is 20.1. The van der Waals surface area contributed by atoms with E-state index < -0.39 is 20.0 Å². The van der Waals surface area contributed by atoms with Gasteiger partial charge in [-0.1, -0.05) is 283 Å². The van der Waals surface area contributed by atoms with Crippen LogP contribution < -0.4 is 5.32 Å². The second-order valence-corrected chi connectivity index (χ2v) is 25.1. The number of rotatable bonds is 60. The normalized spacial score (nSPS) is 13.7. The van der Waals surface area contributed by atoms with Crippen LogP contribution in [-0.2, 0) is 27.9 Å². The lowest BCUT2D eigenvalue weighted by atomic mass is 10.0. The number of allylic oxidation sites excluding steroid dienone is 3. The van der Waals surface area contributed by atoms with E-state index in [1.807, 2.05) is 33.3 Å². The molecule has 0 aromatic heterocycles. The van der Waals surface area contributed by atoms with Gasteiger partial charge in [-0.25, -0.2) is 4.57 Å². The van der Waals surface area contributed by atoms with Crippen LogP contribution in [0.25, 0.3) is 0 Å². The standard InChI is InChI=1S/C65H127N2O7P/c1-7-10-13-16-19-22-25-27-29-30-31-32-33-34-35-36-38-40-43-46-49-52-55-58-65(69)74-63(56-53-50-47-44-41-24-21-18-15-12-9-3)62(61-73-75(70,71)72-60-59-67(4,5)6)66-64(68)57-54-51-48-45-42-39-37-28-26-23-20-17-14-11-8-2/h23,26,53,56,62-63H,7-22,24-25,27-52,54-55,57-61H2,1-6H3,(H-,66,68,70,71)/p+1/b26-23-,56-53-. The number of nitrogens with one attached hydrogen (secondary N) is 1. The highest BCUT2D eigenvalue weighted by atomic mass is 31.2. The number of quaternary nitrogens is 1. The molecule has 1 amide bonds. The van der Waals surface area contributed by atoms with Crippen LogP contribution in [0.4, 0.5) is 0 Å². The molecule has 0 saturated heterocycles. The van der Waals surface area contributed by atoms with Gasteiger partial charge in [0.25, 0.3) is 0 Å². The van der Waals surface area contributed by atoms with E-state index in [0.717, 1.165) is 64.2 Å². The average Bonchev–Trinajstić information content (AvgIpc) is 3.37. The molecule has 0 aliphatic rings. The first kappa shape index (κ1) is 73.5. The Morgan fingerprint density at radius 3 is 1.15 bits per heavy atom. The summed E-state index contributed by atoms with van der Waals surface area (Å²) in [4.78, 5) is 37.7. The molecule has 75 heavy (non-hydrogen) atoms. The molecule has 0 saturated carbocycles. The van der Waals surface area contributed by atoms with Gasteiger partial charge in [-0.05, 0) is 57.4 Å². The van der Waals surface area contributed by atoms with Crippen LogP contribution in [0.3, 0.4) is 0 Å². The highest BCUT2D eigenvalue weighted by molar-refractivity contribution is 7.47. The maximum absolute atomic E-state index is 13.5. The number of nitrogens with zero attached hydrogens (tertiary/aromatic N) is 1. The van der Waals surface area contributed by atoms with Crippen molar-refractivity contribution in [3.63, 3.8) is 0 Å². The van der Waals surface area contributed by atoms with Gasteiger partial charge >= 0.3 is 13.8 Å². The molecule has 0 rings (SSSR count). The number of amides is 1. The summed E-state index contributed by atoms with van der Waals surface area (Å²) in [5.41, 5.74) is 0. The van der Waals surface area contributed by atoms with Gasteiger partial charge < -0.3 is 19.4 Å². The van der Waals surface area contributed by atoms with Gasteiger partial charge in [-0.2, -0.15) is 0 Å². The molecule has 0 spiro atoms. The van der Waals surface area contributed by atoms with Crippen molar-refractivity contribution in [1.82, 2.24) is 5.32 Å². The van der Waals surface area contributed by atoms with Crippen LogP contribution in [0.1, 0.15) is 329 Å². The fourth-order valence-electron chi connectivity index (χ4n) is 9.82. The molecule has 0 aromatic carbocycles. The highest BCUT2D eigenvalue weighted by Crippen LogP contribution is 2.43. The third-order valence-corrected chi connectivity index (χ3v) is 15.9. The fourth-order valence-corrected chi connectivity index (χ4v) is 10.6. The summed E-state index contributed by atoms with van der Waals surface area (Å²) >= 11 is 0. The quantitative estimate of drug-likeness (QED) is 0.0205. The Balaban J connectivity index is 5.06. The Kier molecular flexibility index (Phi) is 54.7. The highest BCUT2D eigenvalue weighted by Gasteiger charge is 2.30. The number of phosphoric acid groups is 1. The van der Waals surface area contributed by atoms with E-state index in [1.54, 1.807) is 0 Å². The summed E-state index contributed by atoms with van der Waals surface area (Å²) in [6, 6.07) is -0.844. The van der Waals surface area contributed by atoms with Crippen LogP contribution in [0, 0.1) is 0 Å². The first-order valence-corrected chi connectivity index (χ1v) is 34.2. The van der Waals surface area contributed by atoms with Crippen molar-refractivity contribution in [2.24, 2.45) is 0 Å². The van der Waals surface area contributed by atoms with Gasteiger partial charge in [0.2, 0.25) is 5.91 Å². The zero-order chi connectivity index (χ0) is 55.0. The maximum atomic E-state index is 13.5. The number of phosphoric ester groups is 1. The maximum Gasteiger partial charge on any atom is 0.472 e. The molecule has 9 nitrogen and oxygen atoms in total. The summed E-state index contributed by atoms with van der Waals surface area (Å²) in [7, 11) is 1.51. The Bertz CT molecular complexity index is 1340. The van der Waals surface area contributed by atoms with E-state index in [4.69, 9.17) is 13.8 Å². The minimum absolute atomic E-state index is 0.0428. The van der Waals surface area contributed by atoms with Gasteiger partial charge in [-0.15, -0.1) is 0 Å². The van der Waals surface area contributed by atoms with E-state index in [0.29, 0.717) is 23.9 Å². The van der Waals surface area contributed by atoms with Gasteiger partial charge in [0.15, 0.2) is 0 Å². The minimum Gasteiger partial charge on any atom is -0.456 e. The van der Waals surface area contributed by atoms with Crippen LogP contribution in [0.15, 0.2) is 24.3 Å². The Hall–Kier alpha value is -1.51. The molecule has 10 heteroatoms. The topological polar surface area (TPSA) is 111 Å². The van der Waals surface area contributed by atoms with Crippen molar-refractivity contribution in [2.45, 2.75) is 341 Å². The Morgan fingerprint density at radius 1 is 0.453 bits per heavy atom. The zero-order valence-electron chi connectivity index (χ0n) is 50.8. The second-order valence-electron chi connectivity index (χ2n) is 23.6. The monoisotopic (exact) mass is 1080 g/mol. The first-order chi connectivity index (χ1) is 36.4. The summed E-state index contributed by atoms with van der Waals surface area (Å²) < 4.78 is 30.7. The number of likely N-dealkylation sites (N-methyl/N-ethyl adjacent to an activating group) is 1. The molecule has 0 radical (unpaired) electrons. The number of carbonyl (C=O) groups is 2. The molecule has 0 heterocycles. The Morgan fingerprint density at radius 2 is 0.773 bits per heavy atom. The molecule has 0 fully saturated rings. The van der Waals surface area contributed by atoms with E-state index in [-0.39, 0.29) is 25.1 Å². The molecule has 444 valence electrons. The third-order valence-electron chi connectivity index (χ3n) is 14.9. The Labute approximate surface area is 466 Å². The van der Waals surface area contributed by atoms with Crippen molar-refractivity contribution in [1.29, 1.82) is 0 Å². The lowest BCUT2D eigenvalue weighted by Crippen LogP contribution is -2.47. The number of carbonyl (C=O) groups excluding carboxylic acids is 2. The molecule has 3 unspecified atom stereocenters. The molecular weight excluding hydrogens is 952 g/mol. The molecule has 0 aromatic rings. The lowest BCUT2D eigenvalue weighted by Gasteiger charge is -2.27. The summed E-state index contributed by atoms with van der Waals surface area (Å²) in [5, 5.41) is 3.06. The number of hydrogen-bond acceptors (Lipinski definition) is 6. The number of unbranched alkanes of at least 4 members (excludes halogenated alkanes) is 42. The van der Waals surface area contributed by atoms with E-state index in [9.17, 15) is 19.0 Å². The molecule has 0 aliphatic carbocycles. The average molecular weight is 1080 g/mol. The van der Waals surface area contributed by atoms with Crippen LogP contribution >= 0.6 is 7.82 Å². The van der Waals surface area contributed by atoms with Crippen molar-refractivity contribution in [3.8, 4) is 0 Å². The van der Waals surface area contributed by atoms with E-state index >= 15 is 0 Å². The number of ether oxygens (including phenoxy) is 1. The van der Waals surface area contributed by atoms with Crippen molar-refractivity contribution < 1.29 is 37.3 Å². The molecular formula is C65H128N2O7P+. The summed E-state index contributed by atoms with van der Waals surface area (Å²) in [6.45, 7) is 7.04.